The summed E-state index contributed by atoms with van der Waals surface area (Å²) in [6, 6.07) is 3.92. The summed E-state index contributed by atoms with van der Waals surface area (Å²) in [5, 5.41) is 0. The van der Waals surface area contributed by atoms with Crippen molar-refractivity contribution in [1.29, 1.82) is 0 Å². The predicted molar refractivity (Wildman–Crippen MR) is 99.2 cm³/mol. The van der Waals surface area contributed by atoms with Gasteiger partial charge in [0.15, 0.2) is 0 Å². The van der Waals surface area contributed by atoms with E-state index in [9.17, 15) is 9.18 Å². The van der Waals surface area contributed by atoms with Crippen LogP contribution in [0.1, 0.15) is 64.2 Å². The lowest BCUT2D eigenvalue weighted by Gasteiger charge is -2.30. The third-order valence-electron chi connectivity index (χ3n) is 4.50. The van der Waals surface area contributed by atoms with Gasteiger partial charge in [0, 0.05) is 11.1 Å². The molecule has 0 aromatic heterocycles. The van der Waals surface area contributed by atoms with Crippen molar-refractivity contribution in [2.24, 2.45) is 0 Å². The van der Waals surface area contributed by atoms with Crippen LogP contribution in [-0.2, 0) is 14.9 Å². The lowest BCUT2D eigenvalue weighted by atomic mass is 9.75. The molecule has 25 heavy (non-hydrogen) atoms. The third-order valence-corrected chi connectivity index (χ3v) is 4.50. The first-order chi connectivity index (χ1) is 11.9. The number of benzene rings is 1. The van der Waals surface area contributed by atoms with Crippen molar-refractivity contribution in [2.45, 2.75) is 52.9 Å². The van der Waals surface area contributed by atoms with Gasteiger partial charge in [-0.15, -0.1) is 0 Å². The first-order valence-corrected chi connectivity index (χ1v) is 8.89. The predicted octanol–water partition coefficient (Wildman–Crippen LogP) is 5.43. The molecule has 0 amide bonds. The van der Waals surface area contributed by atoms with Gasteiger partial charge in [-0.25, -0.2) is 4.79 Å². The number of allylic oxidation sites excluding steroid dienone is 2. The molecule has 0 heterocycles. The van der Waals surface area contributed by atoms with Gasteiger partial charge < -0.3 is 9.47 Å². The van der Waals surface area contributed by atoms with Crippen molar-refractivity contribution in [2.75, 3.05) is 13.2 Å². The van der Waals surface area contributed by atoms with Crippen LogP contribution in [0.2, 0.25) is 0 Å². The minimum atomic E-state index is -0.921. The fourth-order valence-corrected chi connectivity index (χ4v) is 3.20. The molecule has 2 rings (SSSR count). The Labute approximate surface area is 149 Å². The Hall–Kier alpha value is -2.10. The zero-order chi connectivity index (χ0) is 18.6. The molecule has 0 saturated carbocycles. The molecule has 0 saturated heterocycles. The summed E-state index contributed by atoms with van der Waals surface area (Å²) in [7, 11) is 0. The molecule has 1 aliphatic rings. The van der Waals surface area contributed by atoms with Crippen molar-refractivity contribution in [1.82, 2.24) is 0 Å². The maximum Gasteiger partial charge on any atom is 0.367 e. The zero-order valence-corrected chi connectivity index (χ0v) is 15.7. The molecule has 0 spiro atoms. The molecule has 4 heteroatoms. The van der Waals surface area contributed by atoms with Crippen molar-refractivity contribution >= 4 is 17.6 Å². The molecule has 3 nitrogen and oxygen atoms in total. The van der Waals surface area contributed by atoms with E-state index >= 15 is 0 Å². The molecule has 0 N–H and O–H groups in total. The standard InChI is InChI=1S/C21H27FO3/c1-6-15(19(22)20(23)25-8-3)16-12-14-10-9-11-21(4,5)17(14)13-18(16)24-7-2/h9-10,12-13H,6-8,11H2,1-5H3/b19-15+. The van der Waals surface area contributed by atoms with Gasteiger partial charge in [0.05, 0.1) is 13.2 Å². The van der Waals surface area contributed by atoms with E-state index in [0.717, 1.165) is 12.0 Å². The molecule has 0 atom stereocenters. The van der Waals surface area contributed by atoms with E-state index in [1.807, 2.05) is 26.0 Å². The topological polar surface area (TPSA) is 35.5 Å². The Morgan fingerprint density at radius 3 is 2.52 bits per heavy atom. The number of halogens is 1. The van der Waals surface area contributed by atoms with Crippen LogP contribution in [0.25, 0.3) is 11.6 Å². The van der Waals surface area contributed by atoms with Crippen molar-refractivity contribution < 1.29 is 18.7 Å². The summed E-state index contributed by atoms with van der Waals surface area (Å²) in [6.45, 7) is 10.4. The second-order valence-corrected chi connectivity index (χ2v) is 6.73. The summed E-state index contributed by atoms with van der Waals surface area (Å²) in [5.74, 6) is -1.15. The number of carbonyl (C=O) groups excluding carboxylic acids is 1. The van der Waals surface area contributed by atoms with E-state index < -0.39 is 11.8 Å². The molecule has 0 bridgehead atoms. The second kappa shape index (κ2) is 7.85. The third kappa shape index (κ3) is 3.94. The highest BCUT2D eigenvalue weighted by molar-refractivity contribution is 5.96. The molecule has 0 fully saturated rings. The van der Waals surface area contributed by atoms with E-state index in [0.29, 0.717) is 29.9 Å². The number of fused-ring (bicyclic) bond motifs is 1. The molecule has 0 radical (unpaired) electrons. The summed E-state index contributed by atoms with van der Waals surface area (Å²) in [4.78, 5) is 11.9. The van der Waals surface area contributed by atoms with Crippen LogP contribution in [-0.4, -0.2) is 19.2 Å². The maximum atomic E-state index is 14.7. The van der Waals surface area contributed by atoms with Crippen molar-refractivity contribution in [3.05, 3.63) is 40.7 Å². The lowest BCUT2D eigenvalue weighted by Crippen LogP contribution is -2.20. The van der Waals surface area contributed by atoms with E-state index in [1.165, 1.54) is 5.56 Å². The molecule has 1 aromatic rings. The largest absolute Gasteiger partial charge is 0.493 e. The summed E-state index contributed by atoms with van der Waals surface area (Å²) < 4.78 is 25.3. The average molecular weight is 346 g/mol. The molecular weight excluding hydrogens is 319 g/mol. The summed E-state index contributed by atoms with van der Waals surface area (Å²) in [6.07, 6.45) is 5.49. The number of rotatable bonds is 6. The van der Waals surface area contributed by atoms with Crippen LogP contribution in [0.3, 0.4) is 0 Å². The monoisotopic (exact) mass is 346 g/mol. The lowest BCUT2D eigenvalue weighted by molar-refractivity contribution is -0.140. The zero-order valence-electron chi connectivity index (χ0n) is 15.7. The van der Waals surface area contributed by atoms with Crippen LogP contribution >= 0.6 is 0 Å². The van der Waals surface area contributed by atoms with E-state index in [4.69, 9.17) is 9.47 Å². The smallest absolute Gasteiger partial charge is 0.367 e. The Bertz CT molecular complexity index is 714. The molecule has 1 aromatic carbocycles. The first kappa shape index (κ1) is 19.2. The van der Waals surface area contributed by atoms with Gasteiger partial charge in [-0.2, -0.15) is 4.39 Å². The van der Waals surface area contributed by atoms with E-state index in [-0.39, 0.29) is 12.0 Å². The SMILES string of the molecule is CCOC(=O)/C(F)=C(/CC)c1cc2c(cc1OCC)C(C)(C)CC=C2. The van der Waals surface area contributed by atoms with Crippen molar-refractivity contribution in [3.63, 3.8) is 0 Å². The van der Waals surface area contributed by atoms with Gasteiger partial charge in [-0.1, -0.05) is 32.9 Å². The Morgan fingerprint density at radius 1 is 1.20 bits per heavy atom. The number of esters is 1. The van der Waals surface area contributed by atoms with Crippen LogP contribution in [0, 0.1) is 0 Å². The van der Waals surface area contributed by atoms with Crippen LogP contribution in [0.15, 0.2) is 24.0 Å². The Kier molecular flexibility index (Phi) is 6.04. The number of hydrogen-bond acceptors (Lipinski definition) is 3. The Morgan fingerprint density at radius 2 is 1.92 bits per heavy atom. The normalized spacial score (nSPS) is 16.1. The highest BCUT2D eigenvalue weighted by Crippen LogP contribution is 2.41. The molecule has 0 unspecified atom stereocenters. The van der Waals surface area contributed by atoms with Crippen molar-refractivity contribution in [3.8, 4) is 5.75 Å². The molecule has 136 valence electrons. The van der Waals surface area contributed by atoms with Gasteiger partial charge >= 0.3 is 5.97 Å². The second-order valence-electron chi connectivity index (χ2n) is 6.73. The van der Waals surface area contributed by atoms with Gasteiger partial charge in [0.25, 0.3) is 0 Å². The van der Waals surface area contributed by atoms with E-state index in [2.05, 4.69) is 26.0 Å². The number of hydrogen-bond donors (Lipinski definition) is 0. The number of carbonyl (C=O) groups is 1. The highest BCUT2D eigenvalue weighted by Gasteiger charge is 2.28. The average Bonchev–Trinajstić information content (AvgIpc) is 2.56. The molecular formula is C21H27FO3. The van der Waals surface area contributed by atoms with Gasteiger partial charge in [0.1, 0.15) is 5.75 Å². The van der Waals surface area contributed by atoms with E-state index in [1.54, 1.807) is 6.92 Å². The highest BCUT2D eigenvalue weighted by atomic mass is 19.1. The first-order valence-electron chi connectivity index (χ1n) is 8.89. The van der Waals surface area contributed by atoms with Crippen LogP contribution in [0.5, 0.6) is 5.75 Å². The molecule has 1 aliphatic carbocycles. The molecule has 0 aliphatic heterocycles. The fourth-order valence-electron chi connectivity index (χ4n) is 3.20. The van der Waals surface area contributed by atoms with Gasteiger partial charge in [0.2, 0.25) is 5.83 Å². The number of ether oxygens (including phenoxy) is 2. The van der Waals surface area contributed by atoms with Crippen LogP contribution < -0.4 is 4.74 Å². The maximum absolute atomic E-state index is 14.7. The van der Waals surface area contributed by atoms with Gasteiger partial charge in [-0.3, -0.25) is 0 Å². The summed E-state index contributed by atoms with van der Waals surface area (Å²) in [5.41, 5.74) is 3.15. The summed E-state index contributed by atoms with van der Waals surface area (Å²) >= 11 is 0. The Balaban J connectivity index is 2.65. The van der Waals surface area contributed by atoms with Gasteiger partial charge in [-0.05, 0) is 55.4 Å². The fraction of sp³-hybridized carbons (Fsp3) is 0.476. The van der Waals surface area contributed by atoms with Crippen LogP contribution in [0.4, 0.5) is 4.39 Å². The quantitative estimate of drug-likeness (QED) is 0.509. The minimum absolute atomic E-state index is 0.00968. The minimum Gasteiger partial charge on any atom is -0.493 e.